The first kappa shape index (κ1) is 15.8. The minimum atomic E-state index is -0.174. The van der Waals surface area contributed by atoms with Crippen LogP contribution in [0.25, 0.3) is 11.1 Å². The first-order valence-corrected chi connectivity index (χ1v) is 7.09. The molecule has 114 valence electrons. The monoisotopic (exact) mass is 296 g/mol. The van der Waals surface area contributed by atoms with E-state index in [0.29, 0.717) is 5.56 Å². The van der Waals surface area contributed by atoms with Gasteiger partial charge in [0, 0.05) is 25.2 Å². The fourth-order valence-corrected chi connectivity index (χ4v) is 2.12. The lowest BCUT2D eigenvalue weighted by Gasteiger charge is -2.16. The highest BCUT2D eigenvalue weighted by molar-refractivity contribution is 5.96. The van der Waals surface area contributed by atoms with Gasteiger partial charge in [0.25, 0.3) is 0 Å². The topological polar surface area (TPSA) is 49.4 Å². The van der Waals surface area contributed by atoms with Crippen molar-refractivity contribution in [3.63, 3.8) is 0 Å². The molecule has 0 saturated heterocycles. The van der Waals surface area contributed by atoms with Gasteiger partial charge in [-0.05, 0) is 31.0 Å². The number of urea groups is 1. The van der Waals surface area contributed by atoms with E-state index in [1.807, 2.05) is 37.3 Å². The first-order chi connectivity index (χ1) is 10.4. The quantitative estimate of drug-likeness (QED) is 0.872. The molecule has 2 amide bonds. The zero-order valence-electron chi connectivity index (χ0n) is 13.3. The third-order valence-electron chi connectivity index (χ3n) is 3.43. The van der Waals surface area contributed by atoms with Gasteiger partial charge in [-0.15, -0.1) is 0 Å². The van der Waals surface area contributed by atoms with Crippen molar-refractivity contribution < 1.29 is 9.59 Å². The van der Waals surface area contributed by atoms with Gasteiger partial charge in [0.15, 0.2) is 5.78 Å². The smallest absolute Gasteiger partial charge is 0.321 e. The summed E-state index contributed by atoms with van der Waals surface area (Å²) < 4.78 is 0. The molecule has 0 aromatic heterocycles. The maximum absolute atomic E-state index is 11.9. The zero-order chi connectivity index (χ0) is 16.3. The average Bonchev–Trinajstić information content (AvgIpc) is 2.47. The number of carbonyl (C=O) groups excluding carboxylic acids is 2. The van der Waals surface area contributed by atoms with Crippen LogP contribution in [0.1, 0.15) is 22.8 Å². The largest absolute Gasteiger partial charge is 0.331 e. The van der Waals surface area contributed by atoms with Crippen LogP contribution >= 0.6 is 0 Å². The molecule has 22 heavy (non-hydrogen) atoms. The lowest BCUT2D eigenvalue weighted by molar-refractivity contribution is 0.101. The van der Waals surface area contributed by atoms with E-state index >= 15 is 0 Å². The molecule has 0 saturated carbocycles. The summed E-state index contributed by atoms with van der Waals surface area (Å²) in [6.45, 7) is 3.53. The minimum Gasteiger partial charge on any atom is -0.331 e. The van der Waals surface area contributed by atoms with E-state index < -0.39 is 0 Å². The highest BCUT2D eigenvalue weighted by Gasteiger charge is 2.10. The SMILES string of the molecule is CC(=O)c1ccc(-c2ccc(C)cc2NC(=O)N(C)C)cc1. The van der Waals surface area contributed by atoms with Crippen molar-refractivity contribution in [1.29, 1.82) is 0 Å². The van der Waals surface area contributed by atoms with Crippen molar-refractivity contribution in [3.8, 4) is 11.1 Å². The van der Waals surface area contributed by atoms with Crippen LogP contribution in [0.5, 0.6) is 0 Å². The summed E-state index contributed by atoms with van der Waals surface area (Å²) >= 11 is 0. The highest BCUT2D eigenvalue weighted by atomic mass is 16.2. The van der Waals surface area contributed by atoms with Crippen LogP contribution in [0.4, 0.5) is 10.5 Å². The van der Waals surface area contributed by atoms with Gasteiger partial charge in [-0.2, -0.15) is 0 Å². The second-order valence-corrected chi connectivity index (χ2v) is 5.51. The summed E-state index contributed by atoms with van der Waals surface area (Å²) in [5.41, 5.74) is 4.39. The summed E-state index contributed by atoms with van der Waals surface area (Å²) in [4.78, 5) is 24.8. The molecule has 4 heteroatoms. The van der Waals surface area contributed by atoms with E-state index in [-0.39, 0.29) is 11.8 Å². The number of Topliss-reactive ketones (excluding diaryl/α,β-unsaturated/α-hetero) is 1. The molecule has 0 radical (unpaired) electrons. The van der Waals surface area contributed by atoms with Gasteiger partial charge in [0.1, 0.15) is 0 Å². The summed E-state index contributed by atoms with van der Waals surface area (Å²) in [6, 6.07) is 13.1. The average molecular weight is 296 g/mol. The molecular formula is C18H20N2O2. The van der Waals surface area contributed by atoms with Crippen molar-refractivity contribution in [2.75, 3.05) is 19.4 Å². The molecule has 0 spiro atoms. The molecule has 0 heterocycles. The third kappa shape index (κ3) is 3.52. The summed E-state index contributed by atoms with van der Waals surface area (Å²) in [5, 5.41) is 2.91. The van der Waals surface area contributed by atoms with Crippen molar-refractivity contribution in [2.45, 2.75) is 13.8 Å². The van der Waals surface area contributed by atoms with E-state index in [9.17, 15) is 9.59 Å². The normalized spacial score (nSPS) is 10.2. The van der Waals surface area contributed by atoms with Gasteiger partial charge in [-0.1, -0.05) is 36.4 Å². The Morgan fingerprint density at radius 3 is 2.18 bits per heavy atom. The molecule has 2 rings (SSSR count). The number of ketones is 1. The first-order valence-electron chi connectivity index (χ1n) is 7.09. The number of hydrogen-bond donors (Lipinski definition) is 1. The number of rotatable bonds is 3. The lowest BCUT2D eigenvalue weighted by Crippen LogP contribution is -2.27. The molecule has 2 aromatic carbocycles. The molecule has 1 N–H and O–H groups in total. The van der Waals surface area contributed by atoms with Crippen LogP contribution in [-0.4, -0.2) is 30.8 Å². The molecule has 0 aliphatic carbocycles. The summed E-state index contributed by atoms with van der Waals surface area (Å²) in [6.07, 6.45) is 0. The fourth-order valence-electron chi connectivity index (χ4n) is 2.12. The van der Waals surface area contributed by atoms with Crippen LogP contribution in [0, 0.1) is 6.92 Å². The molecular weight excluding hydrogens is 276 g/mol. The van der Waals surface area contributed by atoms with Crippen molar-refractivity contribution >= 4 is 17.5 Å². The maximum Gasteiger partial charge on any atom is 0.321 e. The van der Waals surface area contributed by atoms with Gasteiger partial charge in [-0.3, -0.25) is 4.79 Å². The Morgan fingerprint density at radius 2 is 1.64 bits per heavy atom. The Hall–Kier alpha value is -2.62. The fraction of sp³-hybridized carbons (Fsp3) is 0.222. The molecule has 0 aliphatic heterocycles. The molecule has 0 fully saturated rings. The van der Waals surface area contributed by atoms with E-state index in [1.54, 1.807) is 33.2 Å². The Bertz CT molecular complexity index is 704. The Kier molecular flexibility index (Phi) is 4.61. The molecule has 0 bridgehead atoms. The van der Waals surface area contributed by atoms with Crippen LogP contribution in [0.2, 0.25) is 0 Å². The Labute approximate surface area is 130 Å². The standard InChI is InChI=1S/C18H20N2O2/c1-12-5-10-16(17(11-12)19-18(22)20(3)4)15-8-6-14(7-9-15)13(2)21/h5-11H,1-4H3,(H,19,22). The molecule has 0 aliphatic rings. The van der Waals surface area contributed by atoms with Gasteiger partial charge in [-0.25, -0.2) is 4.79 Å². The van der Waals surface area contributed by atoms with Crippen molar-refractivity contribution in [1.82, 2.24) is 4.90 Å². The number of nitrogens with zero attached hydrogens (tertiary/aromatic N) is 1. The molecule has 2 aromatic rings. The minimum absolute atomic E-state index is 0.0385. The van der Waals surface area contributed by atoms with Crippen LogP contribution in [-0.2, 0) is 0 Å². The van der Waals surface area contributed by atoms with Crippen LogP contribution in [0.15, 0.2) is 42.5 Å². The molecule has 0 atom stereocenters. The van der Waals surface area contributed by atoms with Crippen LogP contribution in [0.3, 0.4) is 0 Å². The highest BCUT2D eigenvalue weighted by Crippen LogP contribution is 2.29. The summed E-state index contributed by atoms with van der Waals surface area (Å²) in [7, 11) is 3.40. The van der Waals surface area contributed by atoms with Crippen molar-refractivity contribution in [3.05, 3.63) is 53.6 Å². The number of nitrogens with one attached hydrogen (secondary N) is 1. The maximum atomic E-state index is 11.9. The van der Waals surface area contributed by atoms with E-state index in [1.165, 1.54) is 4.90 Å². The van der Waals surface area contributed by atoms with Gasteiger partial charge in [0.2, 0.25) is 0 Å². The number of benzene rings is 2. The van der Waals surface area contributed by atoms with Gasteiger partial charge < -0.3 is 10.2 Å². The molecule has 4 nitrogen and oxygen atoms in total. The second-order valence-electron chi connectivity index (χ2n) is 5.51. The predicted molar refractivity (Wildman–Crippen MR) is 89.3 cm³/mol. The van der Waals surface area contributed by atoms with E-state index in [0.717, 1.165) is 22.4 Å². The third-order valence-corrected chi connectivity index (χ3v) is 3.43. The Morgan fingerprint density at radius 1 is 1.00 bits per heavy atom. The molecule has 0 unspecified atom stereocenters. The van der Waals surface area contributed by atoms with Gasteiger partial charge >= 0.3 is 6.03 Å². The second kappa shape index (κ2) is 6.43. The number of anilines is 1. The number of amides is 2. The summed E-state index contributed by atoms with van der Waals surface area (Å²) in [5.74, 6) is 0.0385. The van der Waals surface area contributed by atoms with Crippen LogP contribution < -0.4 is 5.32 Å². The van der Waals surface area contributed by atoms with Crippen molar-refractivity contribution in [2.24, 2.45) is 0 Å². The Balaban J connectivity index is 2.41. The van der Waals surface area contributed by atoms with E-state index in [2.05, 4.69) is 5.32 Å². The number of carbonyl (C=O) groups is 2. The zero-order valence-corrected chi connectivity index (χ0v) is 13.3. The number of aryl methyl sites for hydroxylation is 1. The van der Waals surface area contributed by atoms with Gasteiger partial charge in [0.05, 0.1) is 5.69 Å². The predicted octanol–water partition coefficient (Wildman–Crippen LogP) is 3.96. The van der Waals surface area contributed by atoms with E-state index in [4.69, 9.17) is 0 Å². The number of hydrogen-bond acceptors (Lipinski definition) is 2. The lowest BCUT2D eigenvalue weighted by atomic mass is 10.00.